The molecule has 2 aromatic carbocycles. The molecule has 20 heavy (non-hydrogen) atoms. The lowest BCUT2D eigenvalue weighted by molar-refractivity contribution is 0.374. The van der Waals surface area contributed by atoms with E-state index in [0.717, 1.165) is 19.7 Å². The number of hydrogen-bond donors (Lipinski definition) is 1. The van der Waals surface area contributed by atoms with Gasteiger partial charge in [-0.05, 0) is 70.6 Å². The van der Waals surface area contributed by atoms with Crippen molar-refractivity contribution < 1.29 is 0 Å². The lowest BCUT2D eigenvalue weighted by Crippen LogP contribution is -2.34. The number of halogens is 3. The SMILES string of the molecule is Clc1ccc(NC2CC(c3ccc(Br)cc3)C2)c(Br)c1. The second kappa shape index (κ2) is 6.08. The minimum Gasteiger partial charge on any atom is -0.381 e. The first kappa shape index (κ1) is 14.4. The maximum absolute atomic E-state index is 5.96. The zero-order valence-corrected chi connectivity index (χ0v) is 14.7. The van der Waals surface area contributed by atoms with Crippen LogP contribution in [-0.2, 0) is 0 Å². The highest BCUT2D eigenvalue weighted by atomic mass is 79.9. The van der Waals surface area contributed by atoms with Gasteiger partial charge in [0.1, 0.15) is 0 Å². The molecule has 0 heterocycles. The maximum Gasteiger partial charge on any atom is 0.0487 e. The lowest BCUT2D eigenvalue weighted by atomic mass is 9.76. The molecule has 104 valence electrons. The van der Waals surface area contributed by atoms with Crippen LogP contribution in [0.3, 0.4) is 0 Å². The van der Waals surface area contributed by atoms with Crippen LogP contribution in [0.15, 0.2) is 51.4 Å². The second-order valence-electron chi connectivity index (χ2n) is 5.19. The van der Waals surface area contributed by atoms with E-state index < -0.39 is 0 Å². The summed E-state index contributed by atoms with van der Waals surface area (Å²) in [6, 6.07) is 15.1. The van der Waals surface area contributed by atoms with Crippen LogP contribution in [-0.4, -0.2) is 6.04 Å². The van der Waals surface area contributed by atoms with Crippen LogP contribution in [0, 0.1) is 0 Å². The van der Waals surface area contributed by atoms with E-state index in [1.165, 1.54) is 18.4 Å². The quantitative estimate of drug-likeness (QED) is 0.627. The first-order valence-corrected chi connectivity index (χ1v) is 8.55. The zero-order chi connectivity index (χ0) is 14.1. The molecule has 0 bridgehead atoms. The molecule has 4 heteroatoms. The maximum atomic E-state index is 5.96. The van der Waals surface area contributed by atoms with Crippen LogP contribution in [0.1, 0.15) is 24.3 Å². The Morgan fingerprint density at radius 1 is 1.00 bits per heavy atom. The molecule has 0 aliphatic heterocycles. The molecular formula is C16H14Br2ClN. The van der Waals surface area contributed by atoms with Crippen molar-refractivity contribution in [3.8, 4) is 0 Å². The third kappa shape index (κ3) is 3.21. The summed E-state index contributed by atoms with van der Waals surface area (Å²) in [7, 11) is 0. The molecule has 0 radical (unpaired) electrons. The summed E-state index contributed by atoms with van der Waals surface area (Å²) < 4.78 is 2.16. The Morgan fingerprint density at radius 3 is 2.35 bits per heavy atom. The molecule has 1 nitrogen and oxygen atoms in total. The van der Waals surface area contributed by atoms with Gasteiger partial charge in [0.15, 0.2) is 0 Å². The molecule has 1 aliphatic carbocycles. The van der Waals surface area contributed by atoms with Gasteiger partial charge < -0.3 is 5.32 Å². The van der Waals surface area contributed by atoms with Crippen molar-refractivity contribution in [2.24, 2.45) is 0 Å². The molecule has 1 N–H and O–H groups in total. The topological polar surface area (TPSA) is 12.0 Å². The van der Waals surface area contributed by atoms with E-state index in [1.807, 2.05) is 18.2 Å². The lowest BCUT2D eigenvalue weighted by Gasteiger charge is -2.37. The van der Waals surface area contributed by atoms with Crippen LogP contribution in [0.4, 0.5) is 5.69 Å². The van der Waals surface area contributed by atoms with E-state index >= 15 is 0 Å². The number of nitrogens with one attached hydrogen (secondary N) is 1. The molecule has 2 aromatic rings. The number of anilines is 1. The summed E-state index contributed by atoms with van der Waals surface area (Å²) in [5.74, 6) is 0.673. The molecule has 0 atom stereocenters. The number of hydrogen-bond acceptors (Lipinski definition) is 1. The summed E-state index contributed by atoms with van der Waals surface area (Å²) >= 11 is 13.0. The molecule has 0 aromatic heterocycles. The van der Waals surface area contributed by atoms with Gasteiger partial charge in [-0.1, -0.05) is 39.7 Å². The van der Waals surface area contributed by atoms with Crippen LogP contribution in [0.5, 0.6) is 0 Å². The Bertz CT molecular complexity index is 606. The van der Waals surface area contributed by atoms with Crippen molar-refractivity contribution in [1.82, 2.24) is 0 Å². The van der Waals surface area contributed by atoms with Crippen molar-refractivity contribution >= 4 is 49.1 Å². The highest BCUT2D eigenvalue weighted by Crippen LogP contribution is 2.40. The summed E-state index contributed by atoms with van der Waals surface area (Å²) in [6.07, 6.45) is 2.35. The third-order valence-corrected chi connectivity index (χ3v) is 5.19. The summed E-state index contributed by atoms with van der Waals surface area (Å²) in [5.41, 5.74) is 2.55. The van der Waals surface area contributed by atoms with Gasteiger partial charge in [0.2, 0.25) is 0 Å². The standard InChI is InChI=1S/C16H14Br2ClN/c17-12-3-1-10(2-4-12)11-7-14(8-11)20-16-6-5-13(19)9-15(16)18/h1-6,9,11,14,20H,7-8H2. The van der Waals surface area contributed by atoms with Crippen LogP contribution >= 0.6 is 43.5 Å². The molecule has 3 rings (SSSR count). The highest BCUT2D eigenvalue weighted by Gasteiger charge is 2.30. The van der Waals surface area contributed by atoms with Gasteiger partial charge in [-0.2, -0.15) is 0 Å². The fourth-order valence-electron chi connectivity index (χ4n) is 2.57. The Kier molecular flexibility index (Phi) is 4.39. The van der Waals surface area contributed by atoms with Gasteiger partial charge in [0, 0.05) is 25.7 Å². The van der Waals surface area contributed by atoms with E-state index in [-0.39, 0.29) is 0 Å². The van der Waals surface area contributed by atoms with Gasteiger partial charge in [0.25, 0.3) is 0 Å². The van der Waals surface area contributed by atoms with E-state index in [9.17, 15) is 0 Å². The first-order valence-electron chi connectivity index (χ1n) is 6.59. The Labute approximate surface area is 141 Å². The van der Waals surface area contributed by atoms with Crippen molar-refractivity contribution in [3.05, 3.63) is 62.0 Å². The zero-order valence-electron chi connectivity index (χ0n) is 10.7. The normalized spacial score (nSPS) is 21.4. The summed E-state index contributed by atoms with van der Waals surface area (Å²) in [4.78, 5) is 0. The monoisotopic (exact) mass is 413 g/mol. The van der Waals surface area contributed by atoms with Crippen molar-refractivity contribution in [2.45, 2.75) is 24.8 Å². The third-order valence-electron chi connectivity index (χ3n) is 3.77. The van der Waals surface area contributed by atoms with Crippen LogP contribution in [0.25, 0.3) is 0 Å². The van der Waals surface area contributed by atoms with Crippen LogP contribution < -0.4 is 5.32 Å². The van der Waals surface area contributed by atoms with Crippen molar-refractivity contribution in [1.29, 1.82) is 0 Å². The fourth-order valence-corrected chi connectivity index (χ4v) is 3.63. The van der Waals surface area contributed by atoms with Gasteiger partial charge in [-0.25, -0.2) is 0 Å². The molecule has 0 amide bonds. The molecule has 1 aliphatic rings. The largest absolute Gasteiger partial charge is 0.381 e. The molecular weight excluding hydrogens is 401 g/mol. The Hall–Kier alpha value is -0.510. The molecule has 0 saturated heterocycles. The summed E-state index contributed by atoms with van der Waals surface area (Å²) in [6.45, 7) is 0. The van der Waals surface area contributed by atoms with Gasteiger partial charge in [-0.15, -0.1) is 0 Å². The van der Waals surface area contributed by atoms with E-state index in [0.29, 0.717) is 12.0 Å². The van der Waals surface area contributed by atoms with E-state index in [2.05, 4.69) is 61.4 Å². The summed E-state index contributed by atoms with van der Waals surface area (Å²) in [5, 5.41) is 4.32. The fraction of sp³-hybridized carbons (Fsp3) is 0.250. The average Bonchev–Trinajstić information content (AvgIpc) is 2.37. The van der Waals surface area contributed by atoms with E-state index in [1.54, 1.807) is 0 Å². The number of rotatable bonds is 3. The highest BCUT2D eigenvalue weighted by molar-refractivity contribution is 9.10. The minimum atomic E-state index is 0.543. The number of benzene rings is 2. The van der Waals surface area contributed by atoms with Crippen molar-refractivity contribution in [2.75, 3.05) is 5.32 Å². The average molecular weight is 416 g/mol. The molecule has 1 fully saturated rings. The van der Waals surface area contributed by atoms with E-state index in [4.69, 9.17) is 11.6 Å². The Balaban J connectivity index is 1.59. The van der Waals surface area contributed by atoms with Gasteiger partial charge in [0.05, 0.1) is 0 Å². The molecule has 0 spiro atoms. The molecule has 1 saturated carbocycles. The van der Waals surface area contributed by atoms with Gasteiger partial charge >= 0.3 is 0 Å². The van der Waals surface area contributed by atoms with Gasteiger partial charge in [-0.3, -0.25) is 0 Å². The minimum absolute atomic E-state index is 0.543. The predicted octanol–water partition coefficient (Wildman–Crippen LogP) is 6.22. The Morgan fingerprint density at radius 2 is 1.70 bits per heavy atom. The second-order valence-corrected chi connectivity index (χ2v) is 7.39. The smallest absolute Gasteiger partial charge is 0.0487 e. The van der Waals surface area contributed by atoms with Crippen LogP contribution in [0.2, 0.25) is 5.02 Å². The molecule has 0 unspecified atom stereocenters. The predicted molar refractivity (Wildman–Crippen MR) is 92.7 cm³/mol. The first-order chi connectivity index (χ1) is 9.61. The van der Waals surface area contributed by atoms with Crippen molar-refractivity contribution in [3.63, 3.8) is 0 Å².